The average molecular weight is 481 g/mol. The van der Waals surface area contributed by atoms with Gasteiger partial charge in [-0.15, -0.1) is 0 Å². The molecule has 4 rings (SSSR count). The molecule has 0 unspecified atom stereocenters. The number of hydrogen-bond acceptors (Lipinski definition) is 5. The van der Waals surface area contributed by atoms with Gasteiger partial charge in [0, 0.05) is 23.8 Å². The summed E-state index contributed by atoms with van der Waals surface area (Å²) in [7, 11) is -2.25. The first-order chi connectivity index (χ1) is 16.4. The van der Waals surface area contributed by atoms with Crippen LogP contribution in [0.15, 0.2) is 77.7 Å². The molecule has 0 bridgehead atoms. The number of sulfonamides is 1. The lowest BCUT2D eigenvalue weighted by Gasteiger charge is -2.23. The number of anilines is 1. The van der Waals surface area contributed by atoms with Crippen molar-refractivity contribution in [1.82, 2.24) is 4.90 Å². The third-order valence-corrected chi connectivity index (χ3v) is 6.95. The zero-order valence-electron chi connectivity index (χ0n) is 19.2. The van der Waals surface area contributed by atoms with Crippen molar-refractivity contribution >= 4 is 21.6 Å². The fraction of sp³-hybridized carbons (Fsp3) is 0.269. The van der Waals surface area contributed by atoms with E-state index >= 15 is 0 Å². The summed E-state index contributed by atoms with van der Waals surface area (Å²) >= 11 is 0. The van der Waals surface area contributed by atoms with Gasteiger partial charge in [-0.05, 0) is 79.9 Å². The topological polar surface area (TPSA) is 84.9 Å². The number of nitrogens with one attached hydrogen (secondary N) is 1. The maximum atomic E-state index is 13.4. The quantitative estimate of drug-likeness (QED) is 0.455. The lowest BCUT2D eigenvalue weighted by atomic mass is 10.1. The van der Waals surface area contributed by atoms with Gasteiger partial charge < -0.3 is 14.4 Å². The van der Waals surface area contributed by atoms with Crippen LogP contribution in [-0.2, 0) is 16.6 Å². The van der Waals surface area contributed by atoms with Crippen LogP contribution in [0.2, 0.25) is 0 Å². The van der Waals surface area contributed by atoms with Crippen molar-refractivity contribution in [3.05, 3.63) is 83.9 Å². The molecule has 1 fully saturated rings. The molecule has 0 heterocycles. The Morgan fingerprint density at radius 1 is 1.00 bits per heavy atom. The summed E-state index contributed by atoms with van der Waals surface area (Å²) in [5, 5.41) is 0. The Balaban J connectivity index is 1.52. The van der Waals surface area contributed by atoms with Crippen molar-refractivity contribution in [1.29, 1.82) is 0 Å². The predicted molar refractivity (Wildman–Crippen MR) is 131 cm³/mol. The second-order valence-corrected chi connectivity index (χ2v) is 9.79. The SMILES string of the molecule is CCOc1ccc(NS(=O)(=O)c2cccc(C(=O)N(Cc3ccc(OC)cc3)C3CC3)c2)cc1. The highest BCUT2D eigenvalue weighted by Gasteiger charge is 2.33. The van der Waals surface area contributed by atoms with Crippen LogP contribution in [-0.4, -0.2) is 39.0 Å². The Kier molecular flexibility index (Phi) is 7.07. The Bertz CT molecular complexity index is 1240. The van der Waals surface area contributed by atoms with Gasteiger partial charge in [-0.2, -0.15) is 0 Å². The molecule has 7 nitrogen and oxygen atoms in total. The number of benzene rings is 3. The molecular weight excluding hydrogens is 452 g/mol. The normalized spacial score (nSPS) is 13.2. The Morgan fingerprint density at radius 2 is 1.68 bits per heavy atom. The smallest absolute Gasteiger partial charge is 0.261 e. The Morgan fingerprint density at radius 3 is 2.29 bits per heavy atom. The van der Waals surface area contributed by atoms with E-state index in [2.05, 4.69) is 4.72 Å². The van der Waals surface area contributed by atoms with Gasteiger partial charge in [-0.25, -0.2) is 8.42 Å². The number of amides is 1. The summed E-state index contributed by atoms with van der Waals surface area (Å²) in [5.74, 6) is 1.23. The van der Waals surface area contributed by atoms with E-state index < -0.39 is 10.0 Å². The van der Waals surface area contributed by atoms with E-state index in [9.17, 15) is 13.2 Å². The largest absolute Gasteiger partial charge is 0.497 e. The average Bonchev–Trinajstić information content (AvgIpc) is 3.69. The van der Waals surface area contributed by atoms with Gasteiger partial charge in [0.2, 0.25) is 0 Å². The highest BCUT2D eigenvalue weighted by atomic mass is 32.2. The van der Waals surface area contributed by atoms with Gasteiger partial charge in [0.05, 0.1) is 18.6 Å². The van der Waals surface area contributed by atoms with Gasteiger partial charge in [-0.3, -0.25) is 9.52 Å². The molecule has 0 spiro atoms. The van der Waals surface area contributed by atoms with Crippen LogP contribution in [0.4, 0.5) is 5.69 Å². The fourth-order valence-electron chi connectivity index (χ4n) is 3.64. The van der Waals surface area contributed by atoms with Gasteiger partial charge in [0.25, 0.3) is 15.9 Å². The molecule has 0 radical (unpaired) electrons. The summed E-state index contributed by atoms with van der Waals surface area (Å²) < 4.78 is 39.1. The van der Waals surface area contributed by atoms with Gasteiger partial charge in [0.15, 0.2) is 0 Å². The van der Waals surface area contributed by atoms with Crippen molar-refractivity contribution in [3.63, 3.8) is 0 Å². The van der Waals surface area contributed by atoms with Gasteiger partial charge in [0.1, 0.15) is 11.5 Å². The van der Waals surface area contributed by atoms with E-state index in [1.165, 1.54) is 12.1 Å². The Hall–Kier alpha value is -3.52. The maximum absolute atomic E-state index is 13.4. The van der Waals surface area contributed by atoms with Crippen LogP contribution in [0.1, 0.15) is 35.7 Å². The first-order valence-electron chi connectivity index (χ1n) is 11.2. The van der Waals surface area contributed by atoms with Crippen LogP contribution < -0.4 is 14.2 Å². The van der Waals surface area contributed by atoms with Crippen molar-refractivity contribution in [3.8, 4) is 11.5 Å². The minimum atomic E-state index is -3.87. The zero-order valence-corrected chi connectivity index (χ0v) is 20.0. The van der Waals surface area contributed by atoms with Gasteiger partial charge in [-0.1, -0.05) is 18.2 Å². The molecule has 1 aliphatic carbocycles. The number of carbonyl (C=O) groups excluding carboxylic acids is 1. The fourth-order valence-corrected chi connectivity index (χ4v) is 4.75. The zero-order chi connectivity index (χ0) is 24.1. The summed E-state index contributed by atoms with van der Waals surface area (Å²) in [6.45, 7) is 2.86. The molecule has 1 N–H and O–H groups in total. The van der Waals surface area contributed by atoms with Gasteiger partial charge >= 0.3 is 0 Å². The third-order valence-electron chi connectivity index (χ3n) is 5.57. The lowest BCUT2D eigenvalue weighted by molar-refractivity contribution is 0.0729. The van der Waals surface area contributed by atoms with E-state index in [0.717, 1.165) is 24.2 Å². The standard InChI is InChI=1S/C26H28N2O5S/c1-3-33-24-15-9-21(10-16-24)27-34(30,31)25-6-4-5-20(17-25)26(29)28(22-11-12-22)18-19-7-13-23(32-2)14-8-19/h4-10,13-17,22,27H,3,11-12,18H2,1-2H3. The third kappa shape index (κ3) is 5.69. The summed E-state index contributed by atoms with van der Waals surface area (Å²) in [6.07, 6.45) is 1.89. The van der Waals surface area contributed by atoms with Crippen molar-refractivity contribution in [2.24, 2.45) is 0 Å². The van der Waals surface area contributed by atoms with Crippen LogP contribution >= 0.6 is 0 Å². The number of nitrogens with zero attached hydrogens (tertiary/aromatic N) is 1. The van der Waals surface area contributed by atoms with Crippen LogP contribution in [0.3, 0.4) is 0 Å². The van der Waals surface area contributed by atoms with Crippen molar-refractivity contribution < 1.29 is 22.7 Å². The summed E-state index contributed by atoms with van der Waals surface area (Å²) in [6, 6.07) is 20.6. The van der Waals surface area contributed by atoms with Crippen LogP contribution in [0, 0.1) is 0 Å². The molecular formula is C26H28N2O5S. The highest BCUT2D eigenvalue weighted by Crippen LogP contribution is 2.31. The second-order valence-electron chi connectivity index (χ2n) is 8.10. The molecule has 1 amide bonds. The summed E-state index contributed by atoms with van der Waals surface area (Å²) in [4.78, 5) is 15.2. The molecule has 3 aromatic rings. The molecule has 0 aliphatic heterocycles. The van der Waals surface area contributed by atoms with Crippen LogP contribution in [0.25, 0.3) is 0 Å². The monoisotopic (exact) mass is 480 g/mol. The van der Waals surface area contributed by atoms with E-state index in [1.807, 2.05) is 36.1 Å². The van der Waals surface area contributed by atoms with Crippen molar-refractivity contribution in [2.75, 3.05) is 18.4 Å². The number of methoxy groups -OCH3 is 1. The summed E-state index contributed by atoms with van der Waals surface area (Å²) in [5.41, 5.74) is 1.75. The minimum absolute atomic E-state index is 0.0347. The molecule has 0 saturated heterocycles. The first kappa shape index (κ1) is 23.6. The number of rotatable bonds is 10. The number of hydrogen-bond donors (Lipinski definition) is 1. The Labute approximate surface area is 200 Å². The molecule has 34 heavy (non-hydrogen) atoms. The predicted octanol–water partition coefficient (Wildman–Crippen LogP) is 4.70. The molecule has 1 aliphatic rings. The first-order valence-corrected chi connectivity index (χ1v) is 12.7. The molecule has 1 saturated carbocycles. The molecule has 178 valence electrons. The van der Waals surface area contributed by atoms with E-state index in [0.29, 0.717) is 30.2 Å². The molecule has 0 atom stereocenters. The highest BCUT2D eigenvalue weighted by molar-refractivity contribution is 7.92. The van der Waals surface area contributed by atoms with Crippen molar-refractivity contribution in [2.45, 2.75) is 37.2 Å². The van der Waals surface area contributed by atoms with Crippen LogP contribution in [0.5, 0.6) is 11.5 Å². The van der Waals surface area contributed by atoms with E-state index in [1.54, 1.807) is 43.5 Å². The molecule has 3 aromatic carbocycles. The van der Waals surface area contributed by atoms with E-state index in [-0.39, 0.29) is 16.8 Å². The lowest BCUT2D eigenvalue weighted by Crippen LogP contribution is -2.32. The minimum Gasteiger partial charge on any atom is -0.497 e. The van der Waals surface area contributed by atoms with E-state index in [4.69, 9.17) is 9.47 Å². The maximum Gasteiger partial charge on any atom is 0.261 e. The molecule has 0 aromatic heterocycles. The number of ether oxygens (including phenoxy) is 2. The molecule has 8 heteroatoms. The number of carbonyl (C=O) groups is 1. The second kappa shape index (κ2) is 10.2.